The summed E-state index contributed by atoms with van der Waals surface area (Å²) in [5, 5.41) is 8.10. The molecular formula is C3H3IO7S. The van der Waals surface area contributed by atoms with Crippen molar-refractivity contribution in [1.82, 2.24) is 0 Å². The monoisotopic (exact) mass is 310 g/mol. The first-order chi connectivity index (χ1) is 5.25. The van der Waals surface area contributed by atoms with Crippen LogP contribution < -0.4 is 0 Å². The van der Waals surface area contributed by atoms with E-state index in [2.05, 4.69) is 0 Å². The Labute approximate surface area is 74.0 Å². The van der Waals surface area contributed by atoms with Crippen LogP contribution in [0.5, 0.6) is 0 Å². The van der Waals surface area contributed by atoms with E-state index in [-0.39, 0.29) is 4.08 Å². The summed E-state index contributed by atoms with van der Waals surface area (Å²) in [6.45, 7) is 0. The minimum Gasteiger partial charge on any atom is -0.477 e. The maximum Gasteiger partial charge on any atom is 0.350 e. The molecule has 0 amide bonds. The molecule has 0 aliphatic rings. The second-order valence-corrected chi connectivity index (χ2v) is 4.88. The van der Waals surface area contributed by atoms with E-state index in [0.29, 0.717) is 0 Å². The summed E-state index contributed by atoms with van der Waals surface area (Å²) in [6, 6.07) is 0. The van der Waals surface area contributed by atoms with Crippen LogP contribution >= 0.6 is 19.8 Å². The highest BCUT2D eigenvalue weighted by atomic mass is 127. The lowest BCUT2D eigenvalue weighted by Gasteiger charge is -1.92. The molecule has 0 rings (SSSR count). The predicted molar refractivity (Wildman–Crippen MR) is 42.7 cm³/mol. The zero-order valence-corrected chi connectivity index (χ0v) is 8.27. The summed E-state index contributed by atoms with van der Waals surface area (Å²) >= 11 is -4.12. The molecule has 7 nitrogen and oxygen atoms in total. The number of hydrogen-bond donors (Lipinski definition) is 2. The second kappa shape index (κ2) is 3.91. The number of rotatable bonds is 3. The molecule has 0 aliphatic heterocycles. The Morgan fingerprint density at radius 3 is 1.83 bits per heavy atom. The fourth-order valence-corrected chi connectivity index (χ4v) is 2.81. The number of carboxylic acid groups (broad SMARTS) is 1. The minimum atomic E-state index is -4.96. The number of aliphatic carboxylic acids is 1. The van der Waals surface area contributed by atoms with Gasteiger partial charge in [-0.15, -0.1) is 0 Å². The summed E-state index contributed by atoms with van der Waals surface area (Å²) < 4.78 is 48.5. The van der Waals surface area contributed by atoms with Crippen LogP contribution in [-0.4, -0.2) is 24.0 Å². The van der Waals surface area contributed by atoms with E-state index >= 15 is 0 Å². The van der Waals surface area contributed by atoms with Gasteiger partial charge in [-0.25, -0.2) is 10.9 Å². The largest absolute Gasteiger partial charge is 0.477 e. The van der Waals surface area contributed by atoms with Gasteiger partial charge in [0.15, 0.2) is 4.91 Å². The van der Waals surface area contributed by atoms with Gasteiger partial charge in [-0.2, -0.15) is 8.42 Å². The van der Waals surface area contributed by atoms with Crippen molar-refractivity contribution in [2.24, 2.45) is 0 Å². The first-order valence-electron chi connectivity index (χ1n) is 2.21. The molecule has 0 aliphatic carbocycles. The van der Waals surface area contributed by atoms with Gasteiger partial charge in [0.25, 0.3) is 0 Å². The summed E-state index contributed by atoms with van der Waals surface area (Å²) in [7, 11) is -4.96. The summed E-state index contributed by atoms with van der Waals surface area (Å²) in [5.41, 5.74) is 0. The number of carbonyl (C=O) groups is 1. The van der Waals surface area contributed by atoms with Gasteiger partial charge >= 0.3 is 35.9 Å². The molecule has 0 bridgehead atoms. The van der Waals surface area contributed by atoms with Crippen LogP contribution in [0.25, 0.3) is 0 Å². The van der Waals surface area contributed by atoms with E-state index in [1.807, 2.05) is 0 Å². The van der Waals surface area contributed by atoms with Gasteiger partial charge in [0.1, 0.15) is 0 Å². The van der Waals surface area contributed by atoms with Gasteiger partial charge in [0, 0.05) is 0 Å². The third-order valence-electron chi connectivity index (χ3n) is 0.677. The normalized spacial score (nSPS) is 13.3. The van der Waals surface area contributed by atoms with Crippen LogP contribution in [-0.2, 0) is 21.1 Å². The van der Waals surface area contributed by atoms with E-state index in [4.69, 9.17) is 9.66 Å². The Balaban J connectivity index is 5.38. The summed E-state index contributed by atoms with van der Waals surface area (Å²) in [4.78, 5) is 8.49. The maximum atomic E-state index is 10.2. The molecule has 0 heterocycles. The minimum absolute atomic E-state index is 0.0155. The van der Waals surface area contributed by atoms with Crippen LogP contribution in [0, 0.1) is 0 Å². The van der Waals surface area contributed by atoms with Crippen molar-refractivity contribution >= 4 is 35.9 Å². The van der Waals surface area contributed by atoms with Gasteiger partial charge < -0.3 is 5.11 Å². The second-order valence-electron chi connectivity index (χ2n) is 1.49. The van der Waals surface area contributed by atoms with Crippen molar-refractivity contribution in [1.29, 1.82) is 0 Å². The lowest BCUT2D eigenvalue weighted by atomic mass is 10.7. The highest BCUT2D eigenvalue weighted by Crippen LogP contribution is 2.14. The SMILES string of the molecule is O=C(O)/C(=C/I(=O)=O)S(=O)(=O)O. The number of carboxylic acids is 1. The number of hydrogen-bond acceptors (Lipinski definition) is 5. The Hall–Kier alpha value is -0.550. The Bertz CT molecular complexity index is 377. The molecule has 0 spiro atoms. The molecule has 0 unspecified atom stereocenters. The van der Waals surface area contributed by atoms with Gasteiger partial charge in [-0.1, -0.05) is 0 Å². The predicted octanol–water partition coefficient (Wildman–Crippen LogP) is -0.00240. The average molecular weight is 310 g/mol. The quantitative estimate of drug-likeness (QED) is 0.427. The van der Waals surface area contributed by atoms with Crippen molar-refractivity contribution < 1.29 is 29.0 Å². The van der Waals surface area contributed by atoms with E-state index in [9.17, 15) is 19.4 Å². The molecule has 0 radical (unpaired) electrons. The lowest BCUT2D eigenvalue weighted by Crippen LogP contribution is -2.10. The van der Waals surface area contributed by atoms with Crippen molar-refractivity contribution in [3.8, 4) is 0 Å². The first-order valence-corrected chi connectivity index (χ1v) is 6.66. The maximum absolute atomic E-state index is 10.2. The average Bonchev–Trinajstić information content (AvgIpc) is 1.79. The van der Waals surface area contributed by atoms with Crippen molar-refractivity contribution in [2.45, 2.75) is 0 Å². The third-order valence-corrected chi connectivity index (χ3v) is 3.08. The highest BCUT2D eigenvalue weighted by Gasteiger charge is 2.22. The van der Waals surface area contributed by atoms with E-state index in [1.165, 1.54) is 0 Å². The van der Waals surface area contributed by atoms with Gasteiger partial charge in [0.05, 0.1) is 4.08 Å². The molecule has 0 aromatic heterocycles. The zero-order chi connectivity index (χ0) is 9.94. The molecule has 0 atom stereocenters. The Morgan fingerprint density at radius 2 is 1.75 bits per heavy atom. The van der Waals surface area contributed by atoms with Crippen molar-refractivity contribution in [2.75, 3.05) is 0 Å². The zero-order valence-electron chi connectivity index (χ0n) is 5.30. The van der Waals surface area contributed by atoms with Crippen LogP contribution in [0.2, 0.25) is 0 Å². The standard InChI is InChI=1S/C3H3IO7S/c5-3(6)2(1-4(7)8)12(9,10)11/h1H,(H,5,6)(H,9,10,11)/b2-1-. The molecule has 70 valence electrons. The smallest absolute Gasteiger partial charge is 0.350 e. The highest BCUT2D eigenvalue weighted by molar-refractivity contribution is 14.2. The van der Waals surface area contributed by atoms with Crippen LogP contribution in [0.3, 0.4) is 0 Å². The van der Waals surface area contributed by atoms with Crippen LogP contribution in [0.1, 0.15) is 0 Å². The molecule has 0 aromatic carbocycles. The molecule has 0 saturated heterocycles. The van der Waals surface area contributed by atoms with E-state index in [0.717, 1.165) is 0 Å². The summed E-state index contributed by atoms with van der Waals surface area (Å²) in [5.74, 6) is -2.01. The molecular weight excluding hydrogens is 307 g/mol. The van der Waals surface area contributed by atoms with Gasteiger partial charge in [0.2, 0.25) is 0 Å². The van der Waals surface area contributed by atoms with Crippen LogP contribution in [0.4, 0.5) is 0 Å². The fraction of sp³-hybridized carbons (Fsp3) is 0. The Kier molecular flexibility index (Phi) is 3.73. The van der Waals surface area contributed by atoms with E-state index < -0.39 is 40.8 Å². The fourth-order valence-electron chi connectivity index (χ4n) is 0.294. The molecule has 2 N–H and O–H groups in total. The van der Waals surface area contributed by atoms with Gasteiger partial charge in [-0.05, 0) is 0 Å². The topological polar surface area (TPSA) is 126 Å². The molecule has 0 fully saturated rings. The summed E-state index contributed by atoms with van der Waals surface area (Å²) in [6.07, 6.45) is 0. The van der Waals surface area contributed by atoms with Gasteiger partial charge in [-0.3, -0.25) is 4.55 Å². The van der Waals surface area contributed by atoms with Crippen molar-refractivity contribution in [3.05, 3.63) is 8.99 Å². The number of halogens is 1. The molecule has 0 saturated carbocycles. The Morgan fingerprint density at radius 1 is 1.33 bits per heavy atom. The first kappa shape index (κ1) is 11.4. The lowest BCUT2D eigenvalue weighted by molar-refractivity contribution is -0.131. The molecule has 12 heavy (non-hydrogen) atoms. The van der Waals surface area contributed by atoms with E-state index in [1.54, 1.807) is 0 Å². The van der Waals surface area contributed by atoms with Crippen molar-refractivity contribution in [3.63, 3.8) is 0 Å². The van der Waals surface area contributed by atoms with Crippen LogP contribution in [0.15, 0.2) is 8.99 Å². The molecule has 9 heteroatoms. The molecule has 0 aromatic rings. The third kappa shape index (κ3) is 3.73.